The molecule has 1 rings (SSSR count). The van der Waals surface area contributed by atoms with Crippen LogP contribution >= 0.6 is 0 Å². The van der Waals surface area contributed by atoms with Crippen LogP contribution in [0.4, 0.5) is 5.69 Å². The minimum atomic E-state index is -0.858. The molecule has 0 spiro atoms. The molecule has 0 bridgehead atoms. The molecule has 1 heterocycles. The number of carbonyl (C=O) groups excluding carboxylic acids is 2. The lowest BCUT2D eigenvalue weighted by atomic mass is 10.3. The second-order valence-electron chi connectivity index (χ2n) is 4.55. The fraction of sp³-hybridized carbons (Fsp3) is 0.500. The van der Waals surface area contributed by atoms with Crippen LogP contribution < -0.4 is 5.32 Å². The van der Waals surface area contributed by atoms with E-state index in [1.54, 1.807) is 17.8 Å². The zero-order valence-corrected chi connectivity index (χ0v) is 12.6. The molecule has 0 radical (unpaired) electrons. The highest BCUT2D eigenvalue weighted by atomic mass is 16.5. The average molecular weight is 279 g/mol. The number of nitrogens with one attached hydrogen (secondary N) is 1. The lowest BCUT2D eigenvalue weighted by molar-refractivity contribution is -0.148. The van der Waals surface area contributed by atoms with Gasteiger partial charge in [-0.05, 0) is 27.2 Å². The zero-order chi connectivity index (χ0) is 15.3. The molecular formula is C14H21N3O3. The number of hydrogen-bond donors (Lipinski definition) is 1. The molecule has 20 heavy (non-hydrogen) atoms. The Kier molecular flexibility index (Phi) is 5.49. The van der Waals surface area contributed by atoms with Crippen LogP contribution in [0.1, 0.15) is 31.7 Å². The van der Waals surface area contributed by atoms with Crippen molar-refractivity contribution >= 4 is 17.6 Å². The summed E-state index contributed by atoms with van der Waals surface area (Å²) < 4.78 is 6.69. The lowest BCUT2D eigenvalue weighted by Gasteiger charge is -2.12. The topological polar surface area (TPSA) is 73.2 Å². The van der Waals surface area contributed by atoms with Gasteiger partial charge in [-0.3, -0.25) is 9.48 Å². The molecule has 0 fully saturated rings. The van der Waals surface area contributed by atoms with Gasteiger partial charge < -0.3 is 10.1 Å². The number of anilines is 1. The number of allylic oxidation sites excluding steroid dienone is 1. The smallest absolute Gasteiger partial charge is 0.331 e. The van der Waals surface area contributed by atoms with E-state index in [4.69, 9.17) is 4.74 Å². The first kappa shape index (κ1) is 15.9. The quantitative estimate of drug-likeness (QED) is 0.659. The normalized spacial score (nSPS) is 12.4. The van der Waals surface area contributed by atoms with Crippen molar-refractivity contribution in [2.24, 2.45) is 7.05 Å². The van der Waals surface area contributed by atoms with Gasteiger partial charge in [0.05, 0.1) is 17.1 Å². The molecule has 0 saturated carbocycles. The maximum atomic E-state index is 12.0. The molecule has 0 aliphatic heterocycles. The Balaban J connectivity index is 2.66. The van der Waals surface area contributed by atoms with Crippen molar-refractivity contribution in [3.63, 3.8) is 0 Å². The van der Waals surface area contributed by atoms with Crippen molar-refractivity contribution < 1.29 is 14.3 Å². The maximum Gasteiger partial charge on any atom is 0.331 e. The van der Waals surface area contributed by atoms with E-state index in [-0.39, 0.29) is 5.91 Å². The summed E-state index contributed by atoms with van der Waals surface area (Å²) >= 11 is 0. The van der Waals surface area contributed by atoms with Gasteiger partial charge in [0.25, 0.3) is 5.91 Å². The largest absolute Gasteiger partial charge is 0.449 e. The highest BCUT2D eigenvalue weighted by Crippen LogP contribution is 2.18. The fourth-order valence-corrected chi connectivity index (χ4v) is 1.66. The molecule has 1 N–H and O–H groups in total. The van der Waals surface area contributed by atoms with Gasteiger partial charge in [-0.25, -0.2) is 4.79 Å². The number of rotatable bonds is 5. The number of esters is 1. The SMILES string of the molecule is CC/C=C/C(=O)OC(C)C(=O)Nc1c(C)nn(C)c1C. The van der Waals surface area contributed by atoms with Crippen LogP contribution in [0.15, 0.2) is 12.2 Å². The predicted octanol–water partition coefficient (Wildman–Crippen LogP) is 1.87. The molecule has 6 nitrogen and oxygen atoms in total. The number of amides is 1. The number of aryl methyl sites for hydroxylation is 2. The van der Waals surface area contributed by atoms with Crippen molar-refractivity contribution in [2.45, 2.75) is 40.2 Å². The number of nitrogens with zero attached hydrogens (tertiary/aromatic N) is 2. The van der Waals surface area contributed by atoms with E-state index in [9.17, 15) is 9.59 Å². The summed E-state index contributed by atoms with van der Waals surface area (Å²) in [5, 5.41) is 6.94. The first-order valence-corrected chi connectivity index (χ1v) is 6.55. The Morgan fingerprint density at radius 2 is 2.10 bits per heavy atom. The zero-order valence-electron chi connectivity index (χ0n) is 12.6. The summed E-state index contributed by atoms with van der Waals surface area (Å²) in [7, 11) is 1.80. The van der Waals surface area contributed by atoms with Gasteiger partial charge >= 0.3 is 5.97 Å². The van der Waals surface area contributed by atoms with Gasteiger partial charge in [-0.2, -0.15) is 5.10 Å². The first-order chi connectivity index (χ1) is 9.36. The molecule has 1 aromatic heterocycles. The Labute approximate surface area is 118 Å². The molecule has 1 unspecified atom stereocenters. The Morgan fingerprint density at radius 1 is 1.45 bits per heavy atom. The molecule has 0 aromatic carbocycles. The summed E-state index contributed by atoms with van der Waals surface area (Å²) in [6, 6.07) is 0. The summed E-state index contributed by atoms with van der Waals surface area (Å²) in [5.41, 5.74) is 2.23. The molecule has 0 aliphatic carbocycles. The summed E-state index contributed by atoms with van der Waals surface area (Å²) in [6.07, 6.45) is 2.89. The van der Waals surface area contributed by atoms with Crippen molar-refractivity contribution in [3.8, 4) is 0 Å². The Hall–Kier alpha value is -2.11. The van der Waals surface area contributed by atoms with Crippen LogP contribution in [0.2, 0.25) is 0 Å². The van der Waals surface area contributed by atoms with E-state index in [0.29, 0.717) is 5.69 Å². The number of ether oxygens (including phenoxy) is 1. The van der Waals surface area contributed by atoms with Crippen molar-refractivity contribution in [2.75, 3.05) is 5.32 Å². The van der Waals surface area contributed by atoms with Crippen LogP contribution in [-0.4, -0.2) is 27.8 Å². The standard InChI is InChI=1S/C14H21N3O3/c1-6-7-8-12(18)20-11(4)14(19)15-13-9(2)16-17(5)10(13)3/h7-8,11H,6H2,1-5H3,(H,15,19)/b8-7+. The minimum absolute atomic E-state index is 0.373. The van der Waals surface area contributed by atoms with E-state index in [1.165, 1.54) is 13.0 Å². The van der Waals surface area contributed by atoms with Crippen LogP contribution in [0.5, 0.6) is 0 Å². The van der Waals surface area contributed by atoms with E-state index in [1.807, 2.05) is 20.8 Å². The summed E-state index contributed by atoms with van der Waals surface area (Å²) in [5.74, 6) is -0.892. The van der Waals surface area contributed by atoms with Crippen LogP contribution in [-0.2, 0) is 21.4 Å². The fourth-order valence-electron chi connectivity index (χ4n) is 1.66. The average Bonchev–Trinajstić information content (AvgIpc) is 2.62. The molecule has 0 aliphatic rings. The van der Waals surface area contributed by atoms with Crippen LogP contribution in [0, 0.1) is 13.8 Å². The van der Waals surface area contributed by atoms with Gasteiger partial charge in [0.2, 0.25) is 0 Å². The van der Waals surface area contributed by atoms with Gasteiger partial charge in [0.1, 0.15) is 0 Å². The van der Waals surface area contributed by atoms with Gasteiger partial charge in [-0.1, -0.05) is 13.0 Å². The molecular weight excluding hydrogens is 258 g/mol. The van der Waals surface area contributed by atoms with E-state index in [0.717, 1.165) is 17.8 Å². The van der Waals surface area contributed by atoms with Crippen LogP contribution in [0.3, 0.4) is 0 Å². The third kappa shape index (κ3) is 3.94. The maximum absolute atomic E-state index is 12.0. The highest BCUT2D eigenvalue weighted by Gasteiger charge is 2.19. The van der Waals surface area contributed by atoms with Crippen molar-refractivity contribution in [1.29, 1.82) is 0 Å². The summed E-state index contributed by atoms with van der Waals surface area (Å²) in [4.78, 5) is 23.4. The molecule has 110 valence electrons. The minimum Gasteiger partial charge on any atom is -0.449 e. The Morgan fingerprint density at radius 3 is 2.60 bits per heavy atom. The highest BCUT2D eigenvalue weighted by molar-refractivity contribution is 5.96. The third-order valence-corrected chi connectivity index (χ3v) is 2.91. The van der Waals surface area contributed by atoms with E-state index < -0.39 is 12.1 Å². The van der Waals surface area contributed by atoms with Crippen molar-refractivity contribution in [3.05, 3.63) is 23.5 Å². The van der Waals surface area contributed by atoms with Gasteiger partial charge in [-0.15, -0.1) is 0 Å². The molecule has 1 amide bonds. The monoisotopic (exact) mass is 279 g/mol. The second kappa shape index (κ2) is 6.88. The van der Waals surface area contributed by atoms with Gasteiger partial charge in [0.15, 0.2) is 6.10 Å². The molecule has 1 atom stereocenters. The molecule has 1 aromatic rings. The van der Waals surface area contributed by atoms with E-state index >= 15 is 0 Å². The van der Waals surface area contributed by atoms with Crippen molar-refractivity contribution in [1.82, 2.24) is 9.78 Å². The first-order valence-electron chi connectivity index (χ1n) is 6.55. The number of aromatic nitrogens is 2. The van der Waals surface area contributed by atoms with Gasteiger partial charge in [0, 0.05) is 13.1 Å². The third-order valence-electron chi connectivity index (χ3n) is 2.91. The second-order valence-corrected chi connectivity index (χ2v) is 4.55. The van der Waals surface area contributed by atoms with E-state index in [2.05, 4.69) is 10.4 Å². The summed E-state index contributed by atoms with van der Waals surface area (Å²) in [6.45, 7) is 7.11. The molecule has 0 saturated heterocycles. The van der Waals surface area contributed by atoms with Crippen LogP contribution in [0.25, 0.3) is 0 Å². The molecule has 6 heteroatoms. The number of hydrogen-bond acceptors (Lipinski definition) is 4. The number of carbonyl (C=O) groups is 2. The predicted molar refractivity (Wildman–Crippen MR) is 76.3 cm³/mol. The Bertz CT molecular complexity index is 532. The lowest BCUT2D eigenvalue weighted by Crippen LogP contribution is -2.29.